The predicted octanol–water partition coefficient (Wildman–Crippen LogP) is 2.20. The zero-order valence-electron chi connectivity index (χ0n) is 10.5. The van der Waals surface area contributed by atoms with Crippen LogP contribution in [0.4, 0.5) is 0 Å². The molecule has 94 valence electrons. The first-order valence-electron chi connectivity index (χ1n) is 5.86. The highest BCUT2D eigenvalue weighted by Gasteiger charge is 1.96. The molecule has 0 atom stereocenters. The molecule has 0 aliphatic rings. The lowest BCUT2D eigenvalue weighted by Crippen LogP contribution is -2.04. The largest absolute Gasteiger partial charge is 0.493 e. The van der Waals surface area contributed by atoms with Gasteiger partial charge in [0.05, 0.1) is 12.8 Å². The highest BCUT2D eigenvalue weighted by Crippen LogP contribution is 2.12. The molecule has 1 aromatic carbocycles. The van der Waals surface area contributed by atoms with E-state index < -0.39 is 0 Å². The van der Waals surface area contributed by atoms with Gasteiger partial charge in [0.25, 0.3) is 0 Å². The van der Waals surface area contributed by atoms with Gasteiger partial charge in [0.2, 0.25) is 0 Å². The van der Waals surface area contributed by atoms with Crippen molar-refractivity contribution in [2.45, 2.75) is 13.8 Å². The maximum absolute atomic E-state index is 5.60. The summed E-state index contributed by atoms with van der Waals surface area (Å²) < 4.78 is 7.15. The standard InChI is InChI=1S/C13H16N4O/c1-11(2)8-18-13-5-3-12(4-6-13)7-16-17-9-14-15-10-17/h3-7,9-11H,8H2,1-2H3/b16-7-. The second-order valence-electron chi connectivity index (χ2n) is 4.36. The molecule has 0 saturated heterocycles. The first-order chi connectivity index (χ1) is 8.74. The molecule has 1 aromatic heterocycles. The summed E-state index contributed by atoms with van der Waals surface area (Å²) in [6.45, 7) is 4.98. The van der Waals surface area contributed by atoms with Gasteiger partial charge in [-0.25, -0.2) is 4.68 Å². The lowest BCUT2D eigenvalue weighted by Gasteiger charge is -2.08. The normalized spacial score (nSPS) is 11.3. The van der Waals surface area contributed by atoms with Crippen molar-refractivity contribution in [1.29, 1.82) is 0 Å². The van der Waals surface area contributed by atoms with Crippen molar-refractivity contribution in [1.82, 2.24) is 14.9 Å². The fourth-order valence-electron chi connectivity index (χ4n) is 1.30. The van der Waals surface area contributed by atoms with Crippen LogP contribution in [-0.4, -0.2) is 27.7 Å². The molecule has 0 radical (unpaired) electrons. The molecule has 0 fully saturated rings. The number of benzene rings is 1. The molecule has 5 nitrogen and oxygen atoms in total. The Morgan fingerprint density at radius 1 is 1.22 bits per heavy atom. The Hall–Kier alpha value is -2.17. The first-order valence-corrected chi connectivity index (χ1v) is 5.86. The van der Waals surface area contributed by atoms with Gasteiger partial charge in [-0.1, -0.05) is 13.8 Å². The van der Waals surface area contributed by atoms with Gasteiger partial charge in [-0.3, -0.25) is 0 Å². The van der Waals surface area contributed by atoms with Crippen LogP contribution in [-0.2, 0) is 0 Å². The van der Waals surface area contributed by atoms with Crippen molar-refractivity contribution in [2.24, 2.45) is 11.0 Å². The summed E-state index contributed by atoms with van der Waals surface area (Å²) in [6.07, 6.45) is 4.82. The third-order valence-corrected chi connectivity index (χ3v) is 2.21. The van der Waals surface area contributed by atoms with E-state index in [0.29, 0.717) is 5.92 Å². The van der Waals surface area contributed by atoms with Gasteiger partial charge in [-0.15, -0.1) is 10.2 Å². The van der Waals surface area contributed by atoms with Gasteiger partial charge in [0, 0.05) is 0 Å². The van der Waals surface area contributed by atoms with E-state index in [1.807, 2.05) is 24.3 Å². The van der Waals surface area contributed by atoms with Crippen LogP contribution in [0, 0.1) is 5.92 Å². The van der Waals surface area contributed by atoms with Gasteiger partial charge < -0.3 is 4.74 Å². The van der Waals surface area contributed by atoms with E-state index >= 15 is 0 Å². The van der Waals surface area contributed by atoms with Gasteiger partial charge >= 0.3 is 0 Å². The minimum absolute atomic E-state index is 0.528. The predicted molar refractivity (Wildman–Crippen MR) is 69.8 cm³/mol. The summed E-state index contributed by atoms with van der Waals surface area (Å²) >= 11 is 0. The summed E-state index contributed by atoms with van der Waals surface area (Å²) in [6, 6.07) is 7.80. The van der Waals surface area contributed by atoms with Gasteiger partial charge in [0.15, 0.2) is 0 Å². The third kappa shape index (κ3) is 3.69. The number of hydrogen-bond acceptors (Lipinski definition) is 4. The molecule has 18 heavy (non-hydrogen) atoms. The van der Waals surface area contributed by atoms with Gasteiger partial charge in [-0.05, 0) is 35.7 Å². The lowest BCUT2D eigenvalue weighted by atomic mass is 10.2. The van der Waals surface area contributed by atoms with Gasteiger partial charge in [-0.2, -0.15) is 5.10 Å². The number of rotatable bonds is 5. The quantitative estimate of drug-likeness (QED) is 0.758. The van der Waals surface area contributed by atoms with E-state index in [9.17, 15) is 0 Å². The lowest BCUT2D eigenvalue weighted by molar-refractivity contribution is 0.271. The Morgan fingerprint density at radius 3 is 2.50 bits per heavy atom. The van der Waals surface area contributed by atoms with Crippen molar-refractivity contribution < 1.29 is 4.74 Å². The number of hydrogen-bond donors (Lipinski definition) is 0. The Bertz CT molecular complexity index is 488. The average Bonchev–Trinajstić information content (AvgIpc) is 2.88. The van der Waals surface area contributed by atoms with Crippen LogP contribution in [0.2, 0.25) is 0 Å². The summed E-state index contributed by atoms with van der Waals surface area (Å²) in [5.74, 6) is 1.41. The third-order valence-electron chi connectivity index (χ3n) is 2.21. The first kappa shape index (κ1) is 12.3. The zero-order valence-corrected chi connectivity index (χ0v) is 10.5. The van der Waals surface area contributed by atoms with E-state index in [0.717, 1.165) is 17.9 Å². The minimum Gasteiger partial charge on any atom is -0.493 e. The number of aromatic nitrogens is 3. The molecule has 0 saturated carbocycles. The Morgan fingerprint density at radius 2 is 1.89 bits per heavy atom. The molecule has 5 heteroatoms. The van der Waals surface area contributed by atoms with Crippen molar-refractivity contribution in [3.63, 3.8) is 0 Å². The maximum Gasteiger partial charge on any atom is 0.141 e. The van der Waals surface area contributed by atoms with E-state index in [2.05, 4.69) is 29.1 Å². The molecule has 0 aliphatic carbocycles. The fourth-order valence-corrected chi connectivity index (χ4v) is 1.30. The average molecular weight is 244 g/mol. The van der Waals surface area contributed by atoms with Crippen LogP contribution in [0.25, 0.3) is 0 Å². The topological polar surface area (TPSA) is 52.3 Å². The molecule has 0 N–H and O–H groups in total. The molecule has 2 aromatic rings. The fraction of sp³-hybridized carbons (Fsp3) is 0.308. The highest BCUT2D eigenvalue weighted by atomic mass is 16.5. The Kier molecular flexibility index (Phi) is 4.06. The Balaban J connectivity index is 1.95. The van der Waals surface area contributed by atoms with Crippen LogP contribution in [0.15, 0.2) is 42.0 Å². The SMILES string of the molecule is CC(C)COc1ccc(/C=N\n2cnnc2)cc1. The van der Waals surface area contributed by atoms with Crippen LogP contribution >= 0.6 is 0 Å². The van der Waals surface area contributed by atoms with Crippen LogP contribution in [0.1, 0.15) is 19.4 Å². The molecule has 0 spiro atoms. The Labute approximate surface area is 106 Å². The minimum atomic E-state index is 0.528. The summed E-state index contributed by atoms with van der Waals surface area (Å²) in [5, 5.41) is 11.5. The molecule has 0 aliphatic heterocycles. The van der Waals surface area contributed by atoms with Crippen molar-refractivity contribution in [3.05, 3.63) is 42.5 Å². The summed E-state index contributed by atoms with van der Waals surface area (Å²) in [4.78, 5) is 0. The number of nitrogens with zero attached hydrogens (tertiary/aromatic N) is 4. The molecule has 0 unspecified atom stereocenters. The highest BCUT2D eigenvalue weighted by molar-refractivity contribution is 5.79. The van der Waals surface area contributed by atoms with Crippen molar-refractivity contribution in [3.8, 4) is 5.75 Å². The molecule has 0 bridgehead atoms. The second-order valence-corrected chi connectivity index (χ2v) is 4.36. The monoisotopic (exact) mass is 244 g/mol. The van der Waals surface area contributed by atoms with Crippen LogP contribution in [0.5, 0.6) is 5.75 Å². The molecule has 2 rings (SSSR count). The van der Waals surface area contributed by atoms with E-state index in [1.54, 1.807) is 10.9 Å². The van der Waals surface area contributed by atoms with Gasteiger partial charge in [0.1, 0.15) is 18.4 Å². The molecular weight excluding hydrogens is 228 g/mol. The smallest absolute Gasteiger partial charge is 0.141 e. The molecular formula is C13H16N4O. The van der Waals surface area contributed by atoms with Crippen molar-refractivity contribution in [2.75, 3.05) is 6.61 Å². The van der Waals surface area contributed by atoms with E-state index in [-0.39, 0.29) is 0 Å². The van der Waals surface area contributed by atoms with Crippen molar-refractivity contribution >= 4 is 6.21 Å². The molecule has 1 heterocycles. The van der Waals surface area contributed by atoms with Crippen LogP contribution in [0.3, 0.4) is 0 Å². The zero-order chi connectivity index (χ0) is 12.8. The molecule has 0 amide bonds. The summed E-state index contributed by atoms with van der Waals surface area (Å²) in [7, 11) is 0. The number of ether oxygens (including phenoxy) is 1. The maximum atomic E-state index is 5.60. The second kappa shape index (κ2) is 5.95. The van der Waals surface area contributed by atoms with E-state index in [4.69, 9.17) is 4.74 Å². The summed E-state index contributed by atoms with van der Waals surface area (Å²) in [5.41, 5.74) is 1.00. The van der Waals surface area contributed by atoms with E-state index in [1.165, 1.54) is 12.7 Å². The van der Waals surface area contributed by atoms with Crippen LogP contribution < -0.4 is 4.74 Å².